The third-order valence-electron chi connectivity index (χ3n) is 4.81. The summed E-state index contributed by atoms with van der Waals surface area (Å²) in [6, 6.07) is 11.1. The van der Waals surface area contributed by atoms with Crippen LogP contribution in [0, 0.1) is 0 Å². The summed E-state index contributed by atoms with van der Waals surface area (Å²) in [7, 11) is -3.64. The second-order valence-electron chi connectivity index (χ2n) is 6.53. The molecule has 3 aromatic rings. The van der Waals surface area contributed by atoms with E-state index in [1.807, 2.05) is 18.2 Å². The molecule has 7 nitrogen and oxygen atoms in total. The van der Waals surface area contributed by atoms with E-state index in [9.17, 15) is 13.2 Å². The molecule has 1 aliphatic heterocycles. The monoisotopic (exact) mass is 384 g/mol. The molecule has 0 saturated heterocycles. The molecule has 0 bridgehead atoms. The lowest BCUT2D eigenvalue weighted by atomic mass is 10.0. The third kappa shape index (κ3) is 3.58. The van der Waals surface area contributed by atoms with Gasteiger partial charge in [0, 0.05) is 67.0 Å². The van der Waals surface area contributed by atoms with Gasteiger partial charge in [-0.15, -0.1) is 0 Å². The maximum Gasteiger partial charge on any atom is 0.242 e. The first kappa shape index (κ1) is 17.7. The summed E-state index contributed by atoms with van der Waals surface area (Å²) in [4.78, 5) is 21.7. The Labute approximate surface area is 157 Å². The summed E-state index contributed by atoms with van der Waals surface area (Å²) in [6.45, 7) is 1.24. The highest BCUT2D eigenvalue weighted by molar-refractivity contribution is 7.89. The SMILES string of the molecule is O=C(CCNS(=O)(=O)c1cccnc1)N1CCc2[nH]c3ccccc3c2C1. The fourth-order valence-electron chi connectivity index (χ4n) is 3.42. The van der Waals surface area contributed by atoms with E-state index in [0.29, 0.717) is 13.1 Å². The average Bonchev–Trinajstić information content (AvgIpc) is 3.06. The first-order valence-electron chi connectivity index (χ1n) is 8.80. The molecule has 27 heavy (non-hydrogen) atoms. The van der Waals surface area contributed by atoms with Crippen LogP contribution in [0.5, 0.6) is 0 Å². The van der Waals surface area contributed by atoms with Crippen molar-refractivity contribution in [3.8, 4) is 0 Å². The predicted molar refractivity (Wildman–Crippen MR) is 101 cm³/mol. The average molecular weight is 384 g/mol. The second-order valence-corrected chi connectivity index (χ2v) is 8.30. The van der Waals surface area contributed by atoms with Crippen molar-refractivity contribution in [2.45, 2.75) is 24.3 Å². The number of hydrogen-bond acceptors (Lipinski definition) is 4. The molecule has 1 aliphatic rings. The van der Waals surface area contributed by atoms with Crippen molar-refractivity contribution >= 4 is 26.8 Å². The third-order valence-corrected chi connectivity index (χ3v) is 6.26. The number of nitrogens with zero attached hydrogens (tertiary/aromatic N) is 2. The van der Waals surface area contributed by atoms with Crippen molar-refractivity contribution in [3.63, 3.8) is 0 Å². The number of aromatic nitrogens is 2. The van der Waals surface area contributed by atoms with Gasteiger partial charge in [0.1, 0.15) is 4.90 Å². The van der Waals surface area contributed by atoms with E-state index in [0.717, 1.165) is 22.9 Å². The number of sulfonamides is 1. The van der Waals surface area contributed by atoms with Crippen LogP contribution < -0.4 is 4.72 Å². The number of benzene rings is 1. The number of fused-ring (bicyclic) bond motifs is 3. The first-order valence-corrected chi connectivity index (χ1v) is 10.3. The Morgan fingerprint density at radius 3 is 2.89 bits per heavy atom. The molecule has 0 spiro atoms. The minimum absolute atomic E-state index is 0.0557. The molecule has 1 aromatic carbocycles. The van der Waals surface area contributed by atoms with Gasteiger partial charge in [0.05, 0.1) is 0 Å². The van der Waals surface area contributed by atoms with Gasteiger partial charge in [-0.25, -0.2) is 13.1 Å². The summed E-state index contributed by atoms with van der Waals surface area (Å²) < 4.78 is 26.8. The van der Waals surface area contributed by atoms with Crippen molar-refractivity contribution in [2.24, 2.45) is 0 Å². The number of aromatic amines is 1. The van der Waals surface area contributed by atoms with Gasteiger partial charge in [-0.05, 0) is 18.2 Å². The number of para-hydroxylation sites is 1. The van der Waals surface area contributed by atoms with E-state index in [4.69, 9.17) is 0 Å². The summed E-state index contributed by atoms with van der Waals surface area (Å²) in [5.41, 5.74) is 3.42. The van der Waals surface area contributed by atoms with Gasteiger partial charge in [0.25, 0.3) is 0 Å². The molecular weight excluding hydrogens is 364 g/mol. The lowest BCUT2D eigenvalue weighted by Crippen LogP contribution is -2.37. The largest absolute Gasteiger partial charge is 0.358 e. The maximum atomic E-state index is 12.6. The standard InChI is InChI=1S/C19H20N4O3S/c24-19(7-10-21-27(25,26)14-4-3-9-20-12-14)23-11-8-18-16(13-23)15-5-1-2-6-17(15)22-18/h1-6,9,12,21-22H,7-8,10-11,13H2. The fourth-order valence-corrected chi connectivity index (χ4v) is 4.41. The summed E-state index contributed by atoms with van der Waals surface area (Å²) in [5.74, 6) is -0.0557. The smallest absolute Gasteiger partial charge is 0.242 e. The predicted octanol–water partition coefficient (Wildman–Crippen LogP) is 1.82. The van der Waals surface area contributed by atoms with E-state index < -0.39 is 10.0 Å². The maximum absolute atomic E-state index is 12.6. The zero-order valence-electron chi connectivity index (χ0n) is 14.7. The Hall–Kier alpha value is -2.71. The topological polar surface area (TPSA) is 95.2 Å². The molecule has 1 amide bonds. The van der Waals surface area contributed by atoms with Crippen LogP contribution in [0.4, 0.5) is 0 Å². The lowest BCUT2D eigenvalue weighted by Gasteiger charge is -2.27. The van der Waals surface area contributed by atoms with Crippen molar-refractivity contribution < 1.29 is 13.2 Å². The van der Waals surface area contributed by atoms with Crippen LogP contribution in [-0.2, 0) is 27.8 Å². The summed E-state index contributed by atoms with van der Waals surface area (Å²) in [6.07, 6.45) is 3.69. The molecule has 0 unspecified atom stereocenters. The van der Waals surface area contributed by atoms with Crippen LogP contribution in [-0.4, -0.2) is 42.3 Å². The van der Waals surface area contributed by atoms with Gasteiger partial charge in [0.15, 0.2) is 0 Å². The van der Waals surface area contributed by atoms with E-state index >= 15 is 0 Å². The molecule has 3 heterocycles. The Bertz CT molecular complexity index is 1080. The number of carbonyl (C=O) groups excluding carboxylic acids is 1. The van der Waals surface area contributed by atoms with Crippen LogP contribution in [0.15, 0.2) is 53.7 Å². The molecule has 8 heteroatoms. The van der Waals surface area contributed by atoms with E-state index in [2.05, 4.69) is 20.8 Å². The van der Waals surface area contributed by atoms with E-state index in [-0.39, 0.29) is 23.8 Å². The van der Waals surface area contributed by atoms with Crippen molar-refractivity contribution in [1.29, 1.82) is 0 Å². The molecule has 0 fully saturated rings. The highest BCUT2D eigenvalue weighted by Crippen LogP contribution is 2.27. The van der Waals surface area contributed by atoms with Crippen LogP contribution >= 0.6 is 0 Å². The minimum atomic E-state index is -3.64. The number of nitrogens with one attached hydrogen (secondary N) is 2. The van der Waals surface area contributed by atoms with Crippen molar-refractivity contribution in [2.75, 3.05) is 13.1 Å². The summed E-state index contributed by atoms with van der Waals surface area (Å²) >= 11 is 0. The van der Waals surface area contributed by atoms with Crippen molar-refractivity contribution in [1.82, 2.24) is 19.6 Å². The van der Waals surface area contributed by atoms with Gasteiger partial charge in [-0.1, -0.05) is 18.2 Å². The molecule has 0 radical (unpaired) electrons. The number of carbonyl (C=O) groups is 1. The molecule has 4 rings (SSSR count). The Kier molecular flexibility index (Phi) is 4.67. The lowest BCUT2D eigenvalue weighted by molar-refractivity contribution is -0.131. The first-order chi connectivity index (χ1) is 13.0. The highest BCUT2D eigenvalue weighted by Gasteiger charge is 2.24. The van der Waals surface area contributed by atoms with Crippen LogP contribution in [0.1, 0.15) is 17.7 Å². The zero-order valence-corrected chi connectivity index (χ0v) is 15.5. The van der Waals surface area contributed by atoms with Crippen molar-refractivity contribution in [3.05, 3.63) is 60.0 Å². The van der Waals surface area contributed by atoms with Crippen LogP contribution in [0.2, 0.25) is 0 Å². The Balaban J connectivity index is 1.38. The van der Waals surface area contributed by atoms with Gasteiger partial charge in [-0.3, -0.25) is 9.78 Å². The molecule has 2 N–H and O–H groups in total. The quantitative estimate of drug-likeness (QED) is 0.701. The molecular formula is C19H20N4O3S. The minimum Gasteiger partial charge on any atom is -0.358 e. The second kappa shape index (κ2) is 7.13. The van der Waals surface area contributed by atoms with E-state index in [1.54, 1.807) is 11.0 Å². The Morgan fingerprint density at radius 1 is 1.22 bits per heavy atom. The molecule has 0 aliphatic carbocycles. The fraction of sp³-hybridized carbons (Fsp3) is 0.263. The van der Waals surface area contributed by atoms with Gasteiger partial charge < -0.3 is 9.88 Å². The number of H-pyrrole nitrogens is 1. The van der Waals surface area contributed by atoms with Crippen LogP contribution in [0.25, 0.3) is 10.9 Å². The number of rotatable bonds is 5. The van der Waals surface area contributed by atoms with Gasteiger partial charge in [-0.2, -0.15) is 0 Å². The van der Waals surface area contributed by atoms with Gasteiger partial charge >= 0.3 is 0 Å². The Morgan fingerprint density at radius 2 is 2.07 bits per heavy atom. The van der Waals surface area contributed by atoms with Crippen LogP contribution in [0.3, 0.4) is 0 Å². The number of pyridine rings is 1. The molecule has 0 saturated carbocycles. The number of amides is 1. The van der Waals surface area contributed by atoms with E-state index in [1.165, 1.54) is 24.2 Å². The van der Waals surface area contributed by atoms with Gasteiger partial charge in [0.2, 0.25) is 15.9 Å². The highest BCUT2D eigenvalue weighted by atomic mass is 32.2. The summed E-state index contributed by atoms with van der Waals surface area (Å²) in [5, 5.41) is 1.14. The molecule has 0 atom stereocenters. The normalized spacial score (nSPS) is 14.3. The molecule has 140 valence electrons. The zero-order chi connectivity index (χ0) is 18.9. The number of hydrogen-bond donors (Lipinski definition) is 2. The molecule has 2 aromatic heterocycles.